The number of rotatable bonds is 12. The van der Waals surface area contributed by atoms with Gasteiger partial charge in [-0.2, -0.15) is 0 Å². The highest BCUT2D eigenvalue weighted by atomic mass is 32.2. The summed E-state index contributed by atoms with van der Waals surface area (Å²) in [4.78, 5) is 30.1. The molecule has 0 unspecified atom stereocenters. The molecule has 3 heterocycles. The fourth-order valence-electron chi connectivity index (χ4n) is 4.04. The molecule has 0 bridgehead atoms. The monoisotopic (exact) mass is 560 g/mol. The zero-order valence-corrected chi connectivity index (χ0v) is 22.5. The van der Waals surface area contributed by atoms with Gasteiger partial charge in [0.15, 0.2) is 34.1 Å². The molecule has 0 aliphatic carbocycles. The molecule has 0 radical (unpaired) electrons. The van der Waals surface area contributed by atoms with E-state index in [0.717, 1.165) is 11.8 Å². The molecule has 4 rings (SSSR count). The number of aromatic nitrogens is 4. The van der Waals surface area contributed by atoms with Gasteiger partial charge in [-0.25, -0.2) is 15.0 Å². The van der Waals surface area contributed by atoms with Crippen LogP contribution in [-0.2, 0) is 9.57 Å². The van der Waals surface area contributed by atoms with Crippen LogP contribution in [0.3, 0.4) is 0 Å². The molecule has 2 aromatic heterocycles. The highest BCUT2D eigenvalue weighted by Gasteiger charge is 2.45. The number of hydrogen-bond donors (Lipinski definition) is 5. The number of benzene rings is 1. The molecule has 4 atom stereocenters. The van der Waals surface area contributed by atoms with Crippen molar-refractivity contribution in [3.63, 3.8) is 0 Å². The second kappa shape index (κ2) is 12.7. The van der Waals surface area contributed by atoms with E-state index in [0.29, 0.717) is 28.6 Å². The Labute approximate surface area is 229 Å². The molecule has 1 aliphatic heterocycles. The number of imidazole rings is 1. The summed E-state index contributed by atoms with van der Waals surface area (Å²) in [6, 6.07) is 6.93. The molecule has 1 fully saturated rings. The number of hydrogen-bond acceptors (Lipinski definition) is 13. The van der Waals surface area contributed by atoms with Gasteiger partial charge in [0, 0.05) is 17.4 Å². The number of ketones is 1. The Kier molecular flexibility index (Phi) is 9.37. The molecule has 1 aromatic carbocycles. The van der Waals surface area contributed by atoms with Gasteiger partial charge in [0.05, 0.1) is 19.4 Å². The Hall–Kier alpha value is -3.27. The Morgan fingerprint density at radius 3 is 2.64 bits per heavy atom. The summed E-state index contributed by atoms with van der Waals surface area (Å²) in [6.07, 6.45) is -2.99. The van der Waals surface area contributed by atoms with E-state index >= 15 is 0 Å². The number of Topliss-reactive ketones (excluding diaryl/α,β-unsaturated/α-hetero) is 1. The Morgan fingerprint density at radius 1 is 1.26 bits per heavy atom. The first-order valence-electron chi connectivity index (χ1n) is 12.2. The quantitative estimate of drug-likeness (QED) is 0.122. The number of ether oxygens (including phenoxy) is 2. The average Bonchev–Trinajstić information content (AvgIpc) is 3.42. The van der Waals surface area contributed by atoms with E-state index in [9.17, 15) is 20.1 Å². The van der Waals surface area contributed by atoms with Crippen LogP contribution in [0.25, 0.3) is 11.2 Å². The minimum absolute atomic E-state index is 0.0805. The number of aliphatic hydroxyl groups is 3. The maximum Gasteiger partial charge on any atom is 0.177 e. The summed E-state index contributed by atoms with van der Waals surface area (Å²) in [7, 11) is 1.46. The average molecular weight is 561 g/mol. The third-order valence-electron chi connectivity index (χ3n) is 5.95. The van der Waals surface area contributed by atoms with E-state index in [1.54, 1.807) is 29.7 Å². The van der Waals surface area contributed by atoms with E-state index in [1.807, 2.05) is 13.8 Å². The lowest BCUT2D eigenvalue weighted by molar-refractivity contribution is -0.0548. The summed E-state index contributed by atoms with van der Waals surface area (Å²) in [5.74, 6) is 1.05. The fraction of sp³-hybridized carbons (Fsp3) is 0.440. The van der Waals surface area contributed by atoms with Crippen LogP contribution in [0, 0.1) is 5.92 Å². The van der Waals surface area contributed by atoms with E-state index in [1.165, 1.54) is 18.0 Å². The smallest absolute Gasteiger partial charge is 0.177 e. The van der Waals surface area contributed by atoms with Crippen molar-refractivity contribution in [2.24, 2.45) is 5.92 Å². The first-order chi connectivity index (χ1) is 18.7. The molecule has 210 valence electrons. The van der Waals surface area contributed by atoms with Crippen molar-refractivity contribution in [2.75, 3.05) is 26.1 Å². The van der Waals surface area contributed by atoms with Crippen LogP contribution in [0.2, 0.25) is 0 Å². The number of nitrogen functional groups attached to an aromatic ring is 1. The van der Waals surface area contributed by atoms with Gasteiger partial charge < -0.3 is 30.5 Å². The second-order valence-electron chi connectivity index (χ2n) is 9.33. The predicted octanol–water partition coefficient (Wildman–Crippen LogP) is 1.41. The third kappa shape index (κ3) is 6.49. The number of nitrogens with two attached hydrogens (primary N) is 1. The number of anilines is 1. The standard InChI is InChI=1S/C25H32N6O7S/c1-13(2)8-17(33)14-4-6-16(7-5-14)37-10-15(30-36-3)11-39-25-29-19-22(26)27-12-28-23(19)31(25)24-21(35)20(34)18(9-32)38-24/h4-7,11-13,18,20-21,24,30,32,34-35H,8-10H2,1-3H3,(H2,26,27,28)/t18-,20-,21-,24-/m1/s1. The summed E-state index contributed by atoms with van der Waals surface area (Å²) in [5.41, 5.74) is 10.5. The highest BCUT2D eigenvalue weighted by Crippen LogP contribution is 2.36. The summed E-state index contributed by atoms with van der Waals surface area (Å²) in [5, 5.41) is 32.5. The Bertz CT molecular complexity index is 1320. The summed E-state index contributed by atoms with van der Waals surface area (Å²) >= 11 is 1.14. The molecule has 39 heavy (non-hydrogen) atoms. The van der Waals surface area contributed by atoms with Crippen molar-refractivity contribution >= 4 is 34.5 Å². The lowest BCUT2D eigenvalue weighted by Crippen LogP contribution is -2.33. The lowest BCUT2D eigenvalue weighted by atomic mass is 10.0. The van der Waals surface area contributed by atoms with Crippen LogP contribution in [0.4, 0.5) is 5.82 Å². The number of nitrogens with zero attached hydrogens (tertiary/aromatic N) is 4. The SMILES string of the molecule is CONC(=CSc1nc2c(N)ncnc2n1[C@@H]1O[C@H](CO)[C@@H](O)[C@H]1O)COc1ccc(C(=O)CC(C)C)cc1. The van der Waals surface area contributed by atoms with Gasteiger partial charge in [0.25, 0.3) is 0 Å². The van der Waals surface area contributed by atoms with Crippen LogP contribution in [0.5, 0.6) is 5.75 Å². The minimum Gasteiger partial charge on any atom is -0.487 e. The summed E-state index contributed by atoms with van der Waals surface area (Å²) < 4.78 is 13.1. The zero-order valence-electron chi connectivity index (χ0n) is 21.7. The first kappa shape index (κ1) is 28.7. The third-order valence-corrected chi connectivity index (χ3v) is 6.85. The van der Waals surface area contributed by atoms with Gasteiger partial charge in [0.2, 0.25) is 0 Å². The van der Waals surface area contributed by atoms with Crippen LogP contribution in [-0.4, -0.2) is 79.3 Å². The molecule has 14 heteroatoms. The molecule has 3 aromatic rings. The van der Waals surface area contributed by atoms with Crippen molar-refractivity contribution in [1.29, 1.82) is 0 Å². The molecule has 0 spiro atoms. The van der Waals surface area contributed by atoms with E-state index < -0.39 is 31.1 Å². The normalized spacial score (nSPS) is 21.6. The largest absolute Gasteiger partial charge is 0.487 e. The number of nitrogens with one attached hydrogen (secondary N) is 1. The molecule has 0 saturated carbocycles. The van der Waals surface area contributed by atoms with Gasteiger partial charge in [-0.05, 0) is 30.2 Å². The maximum absolute atomic E-state index is 12.3. The van der Waals surface area contributed by atoms with E-state index in [2.05, 4.69) is 20.4 Å². The van der Waals surface area contributed by atoms with Crippen molar-refractivity contribution in [3.8, 4) is 5.75 Å². The number of thioether (sulfide) groups is 1. The maximum atomic E-state index is 12.3. The van der Waals surface area contributed by atoms with Crippen molar-refractivity contribution < 1.29 is 34.4 Å². The first-order valence-corrected chi connectivity index (χ1v) is 13.1. The highest BCUT2D eigenvalue weighted by molar-refractivity contribution is 8.02. The molecule has 13 nitrogen and oxygen atoms in total. The van der Waals surface area contributed by atoms with Crippen molar-refractivity contribution in [2.45, 2.75) is 50.0 Å². The van der Waals surface area contributed by atoms with Gasteiger partial charge in [-0.3, -0.25) is 19.7 Å². The topological polar surface area (TPSA) is 187 Å². The predicted molar refractivity (Wildman–Crippen MR) is 143 cm³/mol. The van der Waals surface area contributed by atoms with Gasteiger partial charge in [0.1, 0.15) is 37.0 Å². The molecular formula is C25H32N6O7S. The zero-order chi connectivity index (χ0) is 28.1. The van der Waals surface area contributed by atoms with Gasteiger partial charge in [-0.1, -0.05) is 25.6 Å². The van der Waals surface area contributed by atoms with Crippen LogP contribution >= 0.6 is 11.8 Å². The molecule has 6 N–H and O–H groups in total. The second-order valence-corrected chi connectivity index (χ2v) is 10.2. The molecule has 1 saturated heterocycles. The van der Waals surface area contributed by atoms with Crippen molar-refractivity contribution in [3.05, 3.63) is 47.3 Å². The van der Waals surface area contributed by atoms with E-state index in [-0.39, 0.29) is 35.3 Å². The Morgan fingerprint density at radius 2 is 2.00 bits per heavy atom. The van der Waals surface area contributed by atoms with Crippen LogP contribution in [0.1, 0.15) is 36.9 Å². The number of aliphatic hydroxyl groups excluding tert-OH is 3. The fourth-order valence-corrected chi connectivity index (χ4v) is 4.85. The van der Waals surface area contributed by atoms with Gasteiger partial charge >= 0.3 is 0 Å². The molecule has 0 amide bonds. The number of carbonyl (C=O) groups excluding carboxylic acids is 1. The van der Waals surface area contributed by atoms with Crippen LogP contribution < -0.4 is 16.0 Å². The number of fused-ring (bicyclic) bond motifs is 1. The lowest BCUT2D eigenvalue weighted by Gasteiger charge is -2.18. The van der Waals surface area contributed by atoms with E-state index in [4.69, 9.17) is 20.0 Å². The number of carbonyl (C=O) groups is 1. The minimum atomic E-state index is -1.35. The number of hydroxylamine groups is 1. The van der Waals surface area contributed by atoms with Crippen molar-refractivity contribution in [1.82, 2.24) is 25.0 Å². The Balaban J connectivity index is 1.54. The van der Waals surface area contributed by atoms with Gasteiger partial charge in [-0.15, -0.1) is 0 Å². The molecular weight excluding hydrogens is 528 g/mol. The summed E-state index contributed by atoms with van der Waals surface area (Å²) in [6.45, 7) is 3.61. The van der Waals surface area contributed by atoms with Crippen LogP contribution in [0.15, 0.2) is 46.9 Å². The molecule has 1 aliphatic rings.